The molecule has 0 heterocycles. The summed E-state index contributed by atoms with van der Waals surface area (Å²) < 4.78 is 32.2. The molecule has 26 heavy (non-hydrogen) atoms. The van der Waals surface area contributed by atoms with Crippen LogP contribution in [-0.2, 0) is 16.4 Å². The van der Waals surface area contributed by atoms with Crippen molar-refractivity contribution >= 4 is 10.0 Å². The average molecular weight is 378 g/mol. The van der Waals surface area contributed by atoms with Crippen LogP contribution in [0, 0.1) is 0 Å². The quantitative estimate of drug-likeness (QED) is 0.631. The highest BCUT2D eigenvalue weighted by Gasteiger charge is 2.14. The molecule has 0 aliphatic heterocycles. The third-order valence-electron chi connectivity index (χ3n) is 4.38. The molecule has 0 bridgehead atoms. The summed E-state index contributed by atoms with van der Waals surface area (Å²) in [6, 6.07) is 17.3. The summed E-state index contributed by atoms with van der Waals surface area (Å²) in [4.78, 5) is 0. The van der Waals surface area contributed by atoms with Crippen LogP contribution in [0.25, 0.3) is 0 Å². The highest BCUT2D eigenvalue weighted by molar-refractivity contribution is 7.89. The van der Waals surface area contributed by atoms with E-state index in [1.807, 2.05) is 54.6 Å². The van der Waals surface area contributed by atoms with Crippen LogP contribution < -0.4 is 9.46 Å². The van der Waals surface area contributed by atoms with Crippen molar-refractivity contribution in [2.45, 2.75) is 25.2 Å². The molecule has 2 aromatic rings. The number of nitrogens with one attached hydrogen (secondary N) is 1. The Morgan fingerprint density at radius 2 is 1.73 bits per heavy atom. The molecular weight excluding hydrogens is 350 g/mol. The molecule has 2 N–H and O–H groups in total. The number of ether oxygens (including phenoxy) is 1. The standard InChI is InChI=1S/C20H27NO4S/c1-25-20-9-7-17(8-10-20)13-16-26(23,24)21-14-11-19(12-15-22)18-5-3-2-4-6-18/h2-10,19,21-22H,11-16H2,1H3. The first-order valence-electron chi connectivity index (χ1n) is 8.80. The summed E-state index contributed by atoms with van der Waals surface area (Å²) in [5.41, 5.74) is 2.08. The molecule has 0 fully saturated rings. The normalized spacial score (nSPS) is 12.7. The van der Waals surface area contributed by atoms with Crippen LogP contribution in [0.3, 0.4) is 0 Å². The van der Waals surface area contributed by atoms with Gasteiger partial charge in [0.05, 0.1) is 12.9 Å². The number of rotatable bonds is 11. The third-order valence-corrected chi connectivity index (χ3v) is 5.77. The van der Waals surface area contributed by atoms with E-state index in [-0.39, 0.29) is 18.3 Å². The Morgan fingerprint density at radius 3 is 2.35 bits per heavy atom. The fourth-order valence-electron chi connectivity index (χ4n) is 2.86. The van der Waals surface area contributed by atoms with Gasteiger partial charge in [-0.25, -0.2) is 13.1 Å². The van der Waals surface area contributed by atoms with E-state index in [1.54, 1.807) is 7.11 Å². The van der Waals surface area contributed by atoms with Crippen LogP contribution in [0.5, 0.6) is 5.75 Å². The van der Waals surface area contributed by atoms with E-state index in [1.165, 1.54) is 0 Å². The van der Waals surface area contributed by atoms with E-state index in [4.69, 9.17) is 4.74 Å². The predicted octanol–water partition coefficient (Wildman–Crippen LogP) is 2.71. The van der Waals surface area contributed by atoms with E-state index in [9.17, 15) is 13.5 Å². The fraction of sp³-hybridized carbons (Fsp3) is 0.400. The van der Waals surface area contributed by atoms with Crippen molar-refractivity contribution in [2.24, 2.45) is 0 Å². The van der Waals surface area contributed by atoms with Crippen LogP contribution in [-0.4, -0.2) is 39.5 Å². The molecule has 0 aromatic heterocycles. The van der Waals surface area contributed by atoms with Crippen LogP contribution in [0.15, 0.2) is 54.6 Å². The summed E-state index contributed by atoms with van der Waals surface area (Å²) in [7, 11) is -1.73. The second-order valence-electron chi connectivity index (χ2n) is 6.22. The number of hydrogen-bond acceptors (Lipinski definition) is 4. The lowest BCUT2D eigenvalue weighted by Gasteiger charge is -2.16. The number of hydrogen-bond donors (Lipinski definition) is 2. The van der Waals surface area contributed by atoms with Gasteiger partial charge in [0.1, 0.15) is 5.75 Å². The molecule has 1 atom stereocenters. The topological polar surface area (TPSA) is 75.6 Å². The van der Waals surface area contributed by atoms with Gasteiger partial charge in [-0.05, 0) is 48.4 Å². The number of sulfonamides is 1. The number of methoxy groups -OCH3 is 1. The molecule has 0 amide bonds. The minimum Gasteiger partial charge on any atom is -0.497 e. The second-order valence-corrected chi connectivity index (χ2v) is 8.15. The molecule has 142 valence electrons. The zero-order chi connectivity index (χ0) is 18.8. The highest BCUT2D eigenvalue weighted by Crippen LogP contribution is 2.22. The van der Waals surface area contributed by atoms with E-state index in [2.05, 4.69) is 4.72 Å². The summed E-state index contributed by atoms with van der Waals surface area (Å²) in [6.45, 7) is 0.453. The number of aliphatic hydroxyl groups excluding tert-OH is 1. The first-order valence-corrected chi connectivity index (χ1v) is 10.5. The van der Waals surface area contributed by atoms with Gasteiger partial charge in [0.15, 0.2) is 0 Å². The maximum absolute atomic E-state index is 12.2. The number of aliphatic hydroxyl groups is 1. The highest BCUT2D eigenvalue weighted by atomic mass is 32.2. The van der Waals surface area contributed by atoms with Crippen molar-refractivity contribution in [3.05, 3.63) is 65.7 Å². The lowest BCUT2D eigenvalue weighted by molar-refractivity contribution is 0.273. The van der Waals surface area contributed by atoms with Gasteiger partial charge in [-0.2, -0.15) is 0 Å². The lowest BCUT2D eigenvalue weighted by atomic mass is 9.93. The first kappa shape index (κ1) is 20.4. The predicted molar refractivity (Wildman–Crippen MR) is 104 cm³/mol. The smallest absolute Gasteiger partial charge is 0.211 e. The summed E-state index contributed by atoms with van der Waals surface area (Å²) >= 11 is 0. The van der Waals surface area contributed by atoms with Crippen LogP contribution >= 0.6 is 0 Å². The van der Waals surface area contributed by atoms with Gasteiger partial charge < -0.3 is 9.84 Å². The molecule has 5 nitrogen and oxygen atoms in total. The van der Waals surface area contributed by atoms with Crippen molar-refractivity contribution in [1.29, 1.82) is 0 Å². The minimum atomic E-state index is -3.33. The van der Waals surface area contributed by atoms with Crippen LogP contribution in [0.1, 0.15) is 29.9 Å². The molecule has 0 spiro atoms. The molecule has 2 rings (SSSR count). The van der Waals surface area contributed by atoms with Gasteiger partial charge in [0, 0.05) is 13.2 Å². The molecule has 0 radical (unpaired) electrons. The molecule has 0 saturated carbocycles. The monoisotopic (exact) mass is 377 g/mol. The molecule has 0 saturated heterocycles. The van der Waals surface area contributed by atoms with Crippen LogP contribution in [0.4, 0.5) is 0 Å². The molecule has 1 unspecified atom stereocenters. The van der Waals surface area contributed by atoms with Gasteiger partial charge in [0.25, 0.3) is 0 Å². The van der Waals surface area contributed by atoms with Crippen molar-refractivity contribution in [1.82, 2.24) is 4.72 Å². The van der Waals surface area contributed by atoms with Crippen molar-refractivity contribution in [3.8, 4) is 5.75 Å². The zero-order valence-corrected chi connectivity index (χ0v) is 15.9. The fourth-order valence-corrected chi connectivity index (χ4v) is 3.94. The number of benzene rings is 2. The van der Waals surface area contributed by atoms with E-state index < -0.39 is 10.0 Å². The number of aryl methyl sites for hydroxylation is 1. The van der Waals surface area contributed by atoms with Crippen molar-refractivity contribution < 1.29 is 18.3 Å². The zero-order valence-electron chi connectivity index (χ0n) is 15.1. The second kappa shape index (κ2) is 10.3. The van der Waals surface area contributed by atoms with Gasteiger partial charge in [0.2, 0.25) is 10.0 Å². The Kier molecular flexibility index (Phi) is 8.09. The molecule has 0 aliphatic rings. The van der Waals surface area contributed by atoms with Crippen molar-refractivity contribution in [2.75, 3.05) is 26.0 Å². The first-order chi connectivity index (χ1) is 12.5. The maximum atomic E-state index is 12.2. The minimum absolute atomic E-state index is 0.0509. The summed E-state index contributed by atoms with van der Waals surface area (Å²) in [5, 5.41) is 9.26. The molecule has 0 aliphatic carbocycles. The van der Waals surface area contributed by atoms with Gasteiger partial charge in [-0.1, -0.05) is 42.5 Å². The Labute approximate surface area is 156 Å². The van der Waals surface area contributed by atoms with Gasteiger partial charge >= 0.3 is 0 Å². The largest absolute Gasteiger partial charge is 0.497 e. The van der Waals surface area contributed by atoms with Gasteiger partial charge in [-0.15, -0.1) is 0 Å². The molecule has 2 aromatic carbocycles. The molecule has 6 heteroatoms. The van der Waals surface area contributed by atoms with Gasteiger partial charge in [-0.3, -0.25) is 0 Å². The Hall–Kier alpha value is -1.89. The Bertz CT molecular complexity index is 745. The summed E-state index contributed by atoms with van der Waals surface area (Å²) in [5.74, 6) is 0.950. The van der Waals surface area contributed by atoms with Crippen molar-refractivity contribution in [3.63, 3.8) is 0 Å². The lowest BCUT2D eigenvalue weighted by Crippen LogP contribution is -2.29. The van der Waals surface area contributed by atoms with E-state index in [0.717, 1.165) is 16.9 Å². The van der Waals surface area contributed by atoms with E-state index in [0.29, 0.717) is 25.8 Å². The summed E-state index contributed by atoms with van der Waals surface area (Å²) in [6.07, 6.45) is 1.74. The van der Waals surface area contributed by atoms with E-state index >= 15 is 0 Å². The third kappa shape index (κ3) is 6.78. The Balaban J connectivity index is 1.82. The average Bonchev–Trinajstić information content (AvgIpc) is 2.67. The molecular formula is C20H27NO4S. The maximum Gasteiger partial charge on any atom is 0.211 e. The van der Waals surface area contributed by atoms with Crippen LogP contribution in [0.2, 0.25) is 0 Å². The SMILES string of the molecule is COc1ccc(CCS(=O)(=O)NCCC(CCO)c2ccccc2)cc1. The Morgan fingerprint density at radius 1 is 1.04 bits per heavy atom.